The van der Waals surface area contributed by atoms with Crippen LogP contribution in [0.15, 0.2) is 80.8 Å². The van der Waals surface area contributed by atoms with Crippen molar-refractivity contribution in [3.63, 3.8) is 0 Å². The summed E-state index contributed by atoms with van der Waals surface area (Å²) < 4.78 is 11.3. The molecule has 1 unspecified atom stereocenters. The molecule has 1 amide bonds. The Hall–Kier alpha value is -3.67. The largest absolute Gasteiger partial charge is 0.467 e. The highest BCUT2D eigenvalue weighted by atomic mass is 16.3. The number of furan rings is 1. The van der Waals surface area contributed by atoms with Gasteiger partial charge in [-0.25, -0.2) is 0 Å². The van der Waals surface area contributed by atoms with Crippen LogP contribution in [0.2, 0.25) is 0 Å². The van der Waals surface area contributed by atoms with Crippen LogP contribution in [0.25, 0.3) is 11.0 Å². The van der Waals surface area contributed by atoms with E-state index in [0.29, 0.717) is 22.3 Å². The maximum absolute atomic E-state index is 13.2. The molecule has 0 spiro atoms. The molecule has 0 bridgehead atoms. The predicted molar refractivity (Wildman–Crippen MR) is 97.1 cm³/mol. The van der Waals surface area contributed by atoms with E-state index in [2.05, 4.69) is 4.98 Å². The molecular weight excluding hydrogens is 344 g/mol. The molecule has 0 saturated carbocycles. The van der Waals surface area contributed by atoms with Gasteiger partial charge in [0.25, 0.3) is 5.91 Å². The van der Waals surface area contributed by atoms with Crippen LogP contribution in [0.1, 0.15) is 33.5 Å². The number of amides is 1. The lowest BCUT2D eigenvalue weighted by atomic mass is 9.99. The van der Waals surface area contributed by atoms with Crippen molar-refractivity contribution in [2.75, 3.05) is 0 Å². The van der Waals surface area contributed by atoms with E-state index in [1.54, 1.807) is 72.1 Å². The summed E-state index contributed by atoms with van der Waals surface area (Å²) in [5.74, 6) is 0.394. The summed E-state index contributed by atoms with van der Waals surface area (Å²) in [6.07, 6.45) is 4.85. The first-order chi connectivity index (χ1) is 13.2. The van der Waals surface area contributed by atoms with Crippen molar-refractivity contribution in [3.05, 3.63) is 100 Å². The number of hydrogen-bond donors (Lipinski definition) is 0. The van der Waals surface area contributed by atoms with E-state index < -0.39 is 6.04 Å². The summed E-state index contributed by atoms with van der Waals surface area (Å²) >= 11 is 0. The molecule has 132 valence electrons. The van der Waals surface area contributed by atoms with Crippen LogP contribution in [0, 0.1) is 0 Å². The lowest BCUT2D eigenvalue weighted by Crippen LogP contribution is -2.29. The second-order valence-corrected chi connectivity index (χ2v) is 6.37. The molecule has 4 heterocycles. The predicted octanol–water partition coefficient (Wildman–Crippen LogP) is 3.53. The maximum Gasteiger partial charge on any atom is 0.291 e. The van der Waals surface area contributed by atoms with Crippen molar-refractivity contribution < 1.29 is 13.6 Å². The number of para-hydroxylation sites is 1. The summed E-state index contributed by atoms with van der Waals surface area (Å²) in [6, 6.07) is 13.6. The average Bonchev–Trinajstić information content (AvgIpc) is 3.31. The molecule has 1 atom stereocenters. The molecule has 1 aliphatic heterocycles. The van der Waals surface area contributed by atoms with E-state index in [0.717, 1.165) is 5.56 Å². The molecule has 6 heteroatoms. The van der Waals surface area contributed by atoms with Gasteiger partial charge in [-0.05, 0) is 42.0 Å². The fourth-order valence-corrected chi connectivity index (χ4v) is 3.59. The molecule has 0 aliphatic carbocycles. The lowest BCUT2D eigenvalue weighted by Gasteiger charge is -2.24. The Kier molecular flexibility index (Phi) is 3.43. The number of benzene rings is 1. The van der Waals surface area contributed by atoms with Crippen LogP contribution < -0.4 is 5.43 Å². The zero-order chi connectivity index (χ0) is 18.4. The zero-order valence-electron chi connectivity index (χ0n) is 14.2. The number of carbonyl (C=O) groups excluding carboxylic acids is 1. The van der Waals surface area contributed by atoms with Crippen molar-refractivity contribution in [1.29, 1.82) is 0 Å². The minimum atomic E-state index is -0.554. The monoisotopic (exact) mass is 358 g/mol. The van der Waals surface area contributed by atoms with Crippen molar-refractivity contribution in [1.82, 2.24) is 9.88 Å². The van der Waals surface area contributed by atoms with E-state index in [4.69, 9.17) is 8.83 Å². The van der Waals surface area contributed by atoms with E-state index in [1.807, 2.05) is 0 Å². The van der Waals surface area contributed by atoms with Crippen LogP contribution in [0.4, 0.5) is 0 Å². The van der Waals surface area contributed by atoms with Crippen molar-refractivity contribution in [2.45, 2.75) is 12.6 Å². The first-order valence-corrected chi connectivity index (χ1v) is 8.53. The van der Waals surface area contributed by atoms with Gasteiger partial charge in [-0.1, -0.05) is 12.1 Å². The van der Waals surface area contributed by atoms with Gasteiger partial charge in [0.05, 0.1) is 29.8 Å². The molecule has 1 aromatic carbocycles. The number of pyridine rings is 1. The number of hydrogen-bond acceptors (Lipinski definition) is 5. The van der Waals surface area contributed by atoms with Crippen LogP contribution in [0.3, 0.4) is 0 Å². The smallest absolute Gasteiger partial charge is 0.291 e. The fourth-order valence-electron chi connectivity index (χ4n) is 3.59. The van der Waals surface area contributed by atoms with Crippen LogP contribution in [-0.2, 0) is 6.54 Å². The Morgan fingerprint density at radius 2 is 1.81 bits per heavy atom. The van der Waals surface area contributed by atoms with Gasteiger partial charge in [0.15, 0.2) is 5.43 Å². The van der Waals surface area contributed by atoms with Crippen molar-refractivity contribution in [2.24, 2.45) is 0 Å². The Morgan fingerprint density at radius 1 is 1.00 bits per heavy atom. The van der Waals surface area contributed by atoms with Gasteiger partial charge < -0.3 is 13.7 Å². The summed E-state index contributed by atoms with van der Waals surface area (Å²) in [6.45, 7) is 0.235. The highest BCUT2D eigenvalue weighted by Crippen LogP contribution is 2.38. The summed E-state index contributed by atoms with van der Waals surface area (Å²) in [5.41, 5.74) is 1.37. The average molecular weight is 358 g/mol. The fraction of sp³-hybridized carbons (Fsp3) is 0.0952. The molecule has 1 aliphatic rings. The standard InChI is InChI=1S/C21H14N2O4/c24-19-15-5-1-2-6-16(15)27-20-17(19)18(13-7-9-22-10-8-13)23(21(20)25)12-14-4-3-11-26-14/h1-11,18H,12H2. The van der Waals surface area contributed by atoms with Gasteiger partial charge in [0.2, 0.25) is 5.76 Å². The van der Waals surface area contributed by atoms with Crippen molar-refractivity contribution >= 4 is 16.9 Å². The first-order valence-electron chi connectivity index (χ1n) is 8.53. The van der Waals surface area contributed by atoms with Crippen LogP contribution >= 0.6 is 0 Å². The molecule has 0 saturated heterocycles. The SMILES string of the molecule is O=C1c2oc3ccccc3c(=O)c2C(c2ccncc2)N1Cc1ccco1. The molecule has 0 fully saturated rings. The highest BCUT2D eigenvalue weighted by Gasteiger charge is 2.42. The van der Waals surface area contributed by atoms with Gasteiger partial charge in [-0.3, -0.25) is 14.6 Å². The highest BCUT2D eigenvalue weighted by molar-refractivity contribution is 5.99. The number of carbonyl (C=O) groups is 1. The second-order valence-electron chi connectivity index (χ2n) is 6.37. The van der Waals surface area contributed by atoms with Gasteiger partial charge in [0.1, 0.15) is 11.3 Å². The summed E-state index contributed by atoms with van der Waals surface area (Å²) in [7, 11) is 0. The second kappa shape index (κ2) is 5.95. The molecule has 5 rings (SSSR count). The maximum atomic E-state index is 13.2. The quantitative estimate of drug-likeness (QED) is 0.560. The van der Waals surface area contributed by atoms with E-state index in [9.17, 15) is 9.59 Å². The number of fused-ring (bicyclic) bond motifs is 2. The first kappa shape index (κ1) is 15.6. The lowest BCUT2D eigenvalue weighted by molar-refractivity contribution is 0.0701. The molecule has 0 N–H and O–H groups in total. The third kappa shape index (κ3) is 2.38. The van der Waals surface area contributed by atoms with Crippen LogP contribution in [-0.4, -0.2) is 15.8 Å². The van der Waals surface area contributed by atoms with Gasteiger partial charge in [-0.2, -0.15) is 0 Å². The number of aromatic nitrogens is 1. The van der Waals surface area contributed by atoms with Crippen LogP contribution in [0.5, 0.6) is 0 Å². The Morgan fingerprint density at radius 3 is 2.59 bits per heavy atom. The van der Waals surface area contributed by atoms with Gasteiger partial charge >= 0.3 is 0 Å². The topological polar surface area (TPSA) is 76.6 Å². The van der Waals surface area contributed by atoms with E-state index >= 15 is 0 Å². The zero-order valence-corrected chi connectivity index (χ0v) is 14.2. The third-order valence-electron chi connectivity index (χ3n) is 4.80. The Balaban J connectivity index is 1.75. The molecule has 6 nitrogen and oxygen atoms in total. The van der Waals surface area contributed by atoms with Gasteiger partial charge in [0, 0.05) is 12.4 Å². The normalized spacial score (nSPS) is 16.1. The molecule has 0 radical (unpaired) electrons. The summed E-state index contributed by atoms with van der Waals surface area (Å²) in [4.78, 5) is 32.0. The minimum absolute atomic E-state index is 0.0899. The van der Waals surface area contributed by atoms with Crippen molar-refractivity contribution in [3.8, 4) is 0 Å². The summed E-state index contributed by atoms with van der Waals surface area (Å²) in [5, 5.41) is 0.461. The third-order valence-corrected chi connectivity index (χ3v) is 4.80. The van der Waals surface area contributed by atoms with E-state index in [1.165, 1.54) is 0 Å². The molecule has 27 heavy (non-hydrogen) atoms. The minimum Gasteiger partial charge on any atom is -0.467 e. The number of rotatable bonds is 3. The number of nitrogens with zero attached hydrogens (tertiary/aromatic N) is 2. The molecule has 3 aromatic heterocycles. The van der Waals surface area contributed by atoms with E-state index in [-0.39, 0.29) is 23.6 Å². The molecule has 4 aromatic rings. The van der Waals surface area contributed by atoms with Gasteiger partial charge in [-0.15, -0.1) is 0 Å². The Bertz CT molecular complexity index is 1200. The molecular formula is C21H14N2O4. The Labute approximate surface area is 153 Å².